The first-order chi connectivity index (χ1) is 24.1. The summed E-state index contributed by atoms with van der Waals surface area (Å²) in [5.74, 6) is -5.16. The minimum atomic E-state index is -4.34. The first kappa shape index (κ1) is 39.2. The summed E-state index contributed by atoms with van der Waals surface area (Å²) < 4.78 is 45.4. The number of β-lactam (4-membered cyclic amide) rings is 2. The van der Waals surface area contributed by atoms with Crippen molar-refractivity contribution in [2.45, 2.75) is 97.8 Å². The normalized spacial score (nSPS) is 29.9. The Balaban J connectivity index is 0.00000523. The van der Waals surface area contributed by atoms with Crippen LogP contribution in [0, 0.1) is 0 Å². The molecule has 1 aromatic heterocycles. The Kier molecular flexibility index (Phi) is 10.9. The van der Waals surface area contributed by atoms with E-state index in [-0.39, 0.29) is 23.7 Å². The van der Waals surface area contributed by atoms with E-state index in [0.717, 1.165) is 62.6 Å². The highest BCUT2D eigenvalue weighted by Gasteiger charge is 2.71. The number of thioether (sulfide) groups is 1. The number of likely N-dealkylation sites (tertiary alicyclic amines) is 1. The van der Waals surface area contributed by atoms with Gasteiger partial charge in [-0.05, 0) is 33.6 Å². The number of carbonyl (C=O) groups is 6. The fraction of sp³-hybridized carbons (Fsp3) is 0.700. The molecule has 2 amide bonds. The third-order valence-corrected chi connectivity index (χ3v) is 14.4. The predicted octanol–water partition coefficient (Wildman–Crippen LogP) is -0.234. The smallest absolute Gasteiger partial charge is 0.361 e. The zero-order chi connectivity index (χ0) is 37.0. The van der Waals surface area contributed by atoms with Gasteiger partial charge in [0.2, 0.25) is 18.4 Å². The molecule has 0 aliphatic carbocycles. The number of fused-ring (bicyclic) bond motifs is 2. The molecule has 6 rings (SSSR count). The monoisotopic (exact) mass is 789 g/mol. The molecule has 1 aromatic rings. The summed E-state index contributed by atoms with van der Waals surface area (Å²) in [6, 6.07) is -3.42. The zero-order valence-electron chi connectivity index (χ0n) is 29.1. The summed E-state index contributed by atoms with van der Waals surface area (Å²) in [7, 11) is -2.28. The van der Waals surface area contributed by atoms with Crippen molar-refractivity contribution in [1.82, 2.24) is 29.7 Å². The van der Waals surface area contributed by atoms with Gasteiger partial charge in [0.1, 0.15) is 21.5 Å². The maximum atomic E-state index is 13.8. The van der Waals surface area contributed by atoms with Crippen molar-refractivity contribution >= 4 is 76.0 Å². The number of rotatable bonds is 10. The fourth-order valence-corrected chi connectivity index (χ4v) is 11.3. The molecule has 0 spiro atoms. The molecule has 22 heteroatoms. The number of hydrogen-bond acceptors (Lipinski definition) is 16. The minimum absolute atomic E-state index is 0. The fourth-order valence-electron chi connectivity index (χ4n) is 7.32. The molecule has 0 radical (unpaired) electrons. The van der Waals surface area contributed by atoms with Crippen LogP contribution in [0.15, 0.2) is 4.99 Å². The second-order valence-corrected chi connectivity index (χ2v) is 17.9. The minimum Gasteiger partial charge on any atom is -0.464 e. The molecular formula is C30H40ClN7O12S2. The van der Waals surface area contributed by atoms with Gasteiger partial charge in [-0.2, -0.15) is 0 Å². The molecule has 0 aromatic carbocycles. The maximum absolute atomic E-state index is 13.8. The number of ether oxygens (including phenoxy) is 4. The Labute approximate surface area is 309 Å². The molecule has 0 saturated carbocycles. The topological polar surface area (TPSA) is 226 Å². The molecule has 0 N–H and O–H groups in total. The molecule has 3 unspecified atom stereocenters. The summed E-state index contributed by atoms with van der Waals surface area (Å²) in [6.45, 7) is 4.83. The molecule has 6 heterocycles. The van der Waals surface area contributed by atoms with E-state index in [4.69, 9.17) is 14.2 Å². The van der Waals surface area contributed by atoms with Crippen LogP contribution in [0.4, 0.5) is 0 Å². The lowest BCUT2D eigenvalue weighted by Gasteiger charge is -2.42. The van der Waals surface area contributed by atoms with Gasteiger partial charge in [-0.25, -0.2) is 32.3 Å². The van der Waals surface area contributed by atoms with Gasteiger partial charge in [-0.3, -0.25) is 14.6 Å². The summed E-state index contributed by atoms with van der Waals surface area (Å²) in [4.78, 5) is 86.7. The van der Waals surface area contributed by atoms with Crippen molar-refractivity contribution in [3.05, 3.63) is 11.4 Å². The van der Waals surface area contributed by atoms with Crippen molar-refractivity contribution < 1.29 is 56.1 Å². The highest BCUT2D eigenvalue weighted by atomic mass is 35.5. The molecule has 5 saturated heterocycles. The van der Waals surface area contributed by atoms with Crippen LogP contribution in [0.3, 0.4) is 0 Å². The number of aliphatic imine (C=N–C) groups is 1. The van der Waals surface area contributed by atoms with E-state index in [1.165, 1.54) is 23.6 Å². The molecule has 0 bridgehead atoms. The Morgan fingerprint density at radius 3 is 2.15 bits per heavy atom. The number of halogens is 1. The van der Waals surface area contributed by atoms with E-state index in [0.29, 0.717) is 0 Å². The lowest BCUT2D eigenvalue weighted by molar-refractivity contribution is -0.181. The third kappa shape index (κ3) is 6.26. The number of amides is 2. The first-order valence-electron chi connectivity index (χ1n) is 16.3. The van der Waals surface area contributed by atoms with Crippen LogP contribution in [-0.4, -0.2) is 153 Å². The Morgan fingerprint density at radius 2 is 1.56 bits per heavy atom. The van der Waals surface area contributed by atoms with Gasteiger partial charge >= 0.3 is 23.9 Å². The first-order valence-corrected chi connectivity index (χ1v) is 18.8. The van der Waals surface area contributed by atoms with Gasteiger partial charge in [0, 0.05) is 17.8 Å². The molecule has 19 nitrogen and oxygen atoms in total. The van der Waals surface area contributed by atoms with Crippen LogP contribution < -0.4 is 0 Å². The van der Waals surface area contributed by atoms with Crippen LogP contribution in [0.1, 0.15) is 73.9 Å². The van der Waals surface area contributed by atoms with Crippen LogP contribution in [-0.2, 0) is 54.5 Å². The van der Waals surface area contributed by atoms with E-state index in [1.54, 1.807) is 20.2 Å². The van der Waals surface area contributed by atoms with Crippen LogP contribution in [0.5, 0.6) is 0 Å². The Hall–Kier alpha value is -3.98. The van der Waals surface area contributed by atoms with Gasteiger partial charge in [0.25, 0.3) is 5.91 Å². The zero-order valence-corrected chi connectivity index (χ0v) is 31.5. The van der Waals surface area contributed by atoms with E-state index >= 15 is 0 Å². The number of hydrogen-bond donors (Lipinski definition) is 0. The lowest BCUT2D eigenvalue weighted by atomic mass is 9.96. The molecule has 286 valence electrons. The van der Waals surface area contributed by atoms with Crippen molar-refractivity contribution in [3.8, 4) is 0 Å². The van der Waals surface area contributed by atoms with Crippen molar-refractivity contribution in [3.63, 3.8) is 0 Å². The predicted molar refractivity (Wildman–Crippen MR) is 182 cm³/mol. The molecule has 5 aliphatic rings. The van der Waals surface area contributed by atoms with Crippen LogP contribution in [0.2, 0.25) is 0 Å². The van der Waals surface area contributed by atoms with E-state index in [2.05, 4.69) is 24.9 Å². The maximum Gasteiger partial charge on any atom is 0.361 e. The number of sulfone groups is 1. The average molecular weight is 790 g/mol. The highest BCUT2D eigenvalue weighted by molar-refractivity contribution is 8.01. The molecule has 6 atom stereocenters. The third-order valence-electron chi connectivity index (χ3n) is 10.1. The lowest BCUT2D eigenvalue weighted by Crippen LogP contribution is -2.65. The summed E-state index contributed by atoms with van der Waals surface area (Å²) in [5, 5.41) is 5.64. The summed E-state index contributed by atoms with van der Waals surface area (Å²) >= 11 is 1.41. The molecule has 5 aliphatic heterocycles. The van der Waals surface area contributed by atoms with Gasteiger partial charge in [0.05, 0.1) is 33.5 Å². The largest absolute Gasteiger partial charge is 0.464 e. The van der Waals surface area contributed by atoms with Crippen molar-refractivity contribution in [1.29, 1.82) is 0 Å². The summed E-state index contributed by atoms with van der Waals surface area (Å²) in [5.41, 5.74) is -1.09. The second-order valence-electron chi connectivity index (χ2n) is 13.6. The molecular weight excluding hydrogens is 750 g/mol. The van der Waals surface area contributed by atoms with Crippen LogP contribution in [0.25, 0.3) is 0 Å². The van der Waals surface area contributed by atoms with E-state index in [9.17, 15) is 37.2 Å². The standard InChI is InChI=1S/C30H39N7O12S2.ClH/c1-29(2)21(37-23(39)19(24(37)50-29)31-14-34-10-8-6-7-9-11-34)27(42)48-15-49-28(43)22-30(3,51(44,45)17-12-16(38)36(17)22)13-35-20(26(41)47-5)18(32-33-35)25(40)46-4;/h14,17,19,21-22,24H,6-13,15H2,1-5H3;1H/t17-,19?,21?,22-,24?,30-;/m0./s1. The van der Waals surface area contributed by atoms with E-state index in [1.807, 2.05) is 0 Å². The number of nitrogens with zero attached hydrogens (tertiary/aromatic N) is 7. The number of methoxy groups -OCH3 is 2. The second kappa shape index (κ2) is 14.4. The van der Waals surface area contributed by atoms with Crippen LogP contribution >= 0.6 is 24.2 Å². The van der Waals surface area contributed by atoms with Gasteiger partial charge in [-0.1, -0.05) is 18.1 Å². The number of carbonyl (C=O) groups excluding carboxylic acids is 6. The average Bonchev–Trinajstić information content (AvgIpc) is 3.52. The van der Waals surface area contributed by atoms with Crippen molar-refractivity contribution in [2.24, 2.45) is 4.99 Å². The quantitative estimate of drug-likeness (QED) is 0.0745. The van der Waals surface area contributed by atoms with Gasteiger partial charge in [-0.15, -0.1) is 29.3 Å². The Morgan fingerprint density at radius 1 is 0.942 bits per heavy atom. The van der Waals surface area contributed by atoms with E-state index < -0.39 is 104 Å². The van der Waals surface area contributed by atoms with Gasteiger partial charge < -0.3 is 33.6 Å². The SMILES string of the molecule is COC(=O)c1nnn(C[C@@]2(C)[C@H](C(=O)OCOC(=O)C3N4C(=O)C(N=CN5CCCCCC5)C4SC3(C)C)N3C(=O)C[C@@H]3S2(=O)=O)c1C(=O)OC.Cl. The number of aromatic nitrogens is 3. The highest BCUT2D eigenvalue weighted by Crippen LogP contribution is 2.52. The van der Waals surface area contributed by atoms with Crippen molar-refractivity contribution in [2.75, 3.05) is 34.1 Å². The Bertz CT molecular complexity index is 1800. The molecule has 52 heavy (non-hydrogen) atoms. The molecule has 5 fully saturated rings. The van der Waals surface area contributed by atoms with Gasteiger partial charge in [0.15, 0.2) is 27.6 Å². The number of esters is 4. The summed E-state index contributed by atoms with van der Waals surface area (Å²) in [6.07, 6.45) is 5.76.